The average Bonchev–Trinajstić information content (AvgIpc) is 3.00. The summed E-state index contributed by atoms with van der Waals surface area (Å²) in [5, 5.41) is 3.41. The summed E-state index contributed by atoms with van der Waals surface area (Å²) in [6, 6.07) is 6.00. The van der Waals surface area contributed by atoms with Crippen LogP contribution in [-0.4, -0.2) is 28.5 Å². The summed E-state index contributed by atoms with van der Waals surface area (Å²) in [5.41, 5.74) is 0.552. The second kappa shape index (κ2) is 7.50. The number of para-hydroxylation sites is 1. The summed E-state index contributed by atoms with van der Waals surface area (Å²) in [5.74, 6) is -0.932. The Bertz CT molecular complexity index is 1110. The maximum absolute atomic E-state index is 12.9. The highest BCUT2D eigenvalue weighted by molar-refractivity contribution is 7.20. The van der Waals surface area contributed by atoms with Gasteiger partial charge in [0.25, 0.3) is 5.56 Å². The van der Waals surface area contributed by atoms with E-state index < -0.39 is 23.5 Å². The van der Waals surface area contributed by atoms with Gasteiger partial charge in [-0.3, -0.25) is 14.2 Å². The van der Waals surface area contributed by atoms with Crippen LogP contribution in [0.3, 0.4) is 0 Å². The van der Waals surface area contributed by atoms with Gasteiger partial charge in [0.15, 0.2) is 0 Å². The molecular formula is C18H16ClN3O4S. The number of carbonyl (C=O) groups is 2. The van der Waals surface area contributed by atoms with Gasteiger partial charge in [0.1, 0.15) is 15.7 Å². The van der Waals surface area contributed by atoms with Crippen molar-refractivity contribution in [2.75, 3.05) is 12.4 Å². The lowest BCUT2D eigenvalue weighted by atomic mass is 10.2. The first-order valence-electron chi connectivity index (χ1n) is 7.99. The standard InChI is InChI=1S/C18H16ClN3O4S/c1-9-13-16(27-14(9)18(25)26-3)20-8-22(17(13)24)10(2)15(23)21-12-7-5-4-6-11(12)19/h4-8,10H,1-3H3,(H,21,23)/t10-/m0/s1. The fraction of sp³-hybridized carbons (Fsp3) is 0.222. The second-order valence-corrected chi connectivity index (χ2v) is 7.24. The molecule has 0 spiro atoms. The number of rotatable bonds is 4. The Hall–Kier alpha value is -2.71. The van der Waals surface area contributed by atoms with Gasteiger partial charge in [-0.15, -0.1) is 11.3 Å². The minimum atomic E-state index is -0.827. The molecule has 0 saturated carbocycles. The molecule has 0 bridgehead atoms. The van der Waals surface area contributed by atoms with Gasteiger partial charge in [-0.1, -0.05) is 23.7 Å². The van der Waals surface area contributed by atoms with E-state index in [4.69, 9.17) is 16.3 Å². The number of methoxy groups -OCH3 is 1. The van der Waals surface area contributed by atoms with Gasteiger partial charge >= 0.3 is 5.97 Å². The first-order valence-corrected chi connectivity index (χ1v) is 9.18. The summed E-state index contributed by atoms with van der Waals surface area (Å²) in [6.07, 6.45) is 1.30. The Labute approximate surface area is 163 Å². The number of amides is 1. The van der Waals surface area contributed by atoms with E-state index in [0.717, 1.165) is 11.3 Å². The highest BCUT2D eigenvalue weighted by Gasteiger charge is 2.23. The van der Waals surface area contributed by atoms with Crippen molar-refractivity contribution in [1.82, 2.24) is 9.55 Å². The smallest absolute Gasteiger partial charge is 0.348 e. The van der Waals surface area contributed by atoms with E-state index in [1.165, 1.54) is 18.0 Å². The third-order valence-corrected chi connectivity index (χ3v) is 5.68. The number of fused-ring (bicyclic) bond motifs is 1. The normalized spacial score (nSPS) is 12.0. The number of halogens is 1. The summed E-state index contributed by atoms with van der Waals surface area (Å²) < 4.78 is 5.97. The highest BCUT2D eigenvalue weighted by Crippen LogP contribution is 2.28. The van der Waals surface area contributed by atoms with Gasteiger partial charge in [-0.2, -0.15) is 0 Å². The molecule has 27 heavy (non-hydrogen) atoms. The molecule has 0 aliphatic carbocycles. The number of hydrogen-bond donors (Lipinski definition) is 1. The fourth-order valence-electron chi connectivity index (χ4n) is 2.63. The van der Waals surface area contributed by atoms with Crippen LogP contribution in [0.25, 0.3) is 10.2 Å². The van der Waals surface area contributed by atoms with Crippen LogP contribution in [0.1, 0.15) is 28.2 Å². The number of nitrogens with one attached hydrogen (secondary N) is 1. The first-order chi connectivity index (χ1) is 12.8. The Morgan fingerprint density at radius 2 is 2.04 bits per heavy atom. The first kappa shape index (κ1) is 19.1. The van der Waals surface area contributed by atoms with E-state index >= 15 is 0 Å². The minimum Gasteiger partial charge on any atom is -0.465 e. The maximum atomic E-state index is 12.9. The lowest BCUT2D eigenvalue weighted by Crippen LogP contribution is -2.31. The van der Waals surface area contributed by atoms with E-state index in [9.17, 15) is 14.4 Å². The van der Waals surface area contributed by atoms with Crippen LogP contribution in [0.4, 0.5) is 5.69 Å². The second-order valence-electron chi connectivity index (χ2n) is 5.83. The third kappa shape index (κ3) is 3.45. The zero-order valence-corrected chi connectivity index (χ0v) is 16.4. The van der Waals surface area contributed by atoms with Crippen molar-refractivity contribution in [3.8, 4) is 0 Å². The Morgan fingerprint density at radius 3 is 2.70 bits per heavy atom. The number of esters is 1. The molecule has 1 amide bonds. The van der Waals surface area contributed by atoms with Gasteiger partial charge < -0.3 is 10.1 Å². The van der Waals surface area contributed by atoms with Crippen LogP contribution in [0.2, 0.25) is 5.02 Å². The maximum Gasteiger partial charge on any atom is 0.348 e. The van der Waals surface area contributed by atoms with E-state index in [1.807, 2.05) is 0 Å². The molecule has 1 aromatic carbocycles. The molecule has 3 rings (SSSR count). The number of anilines is 1. The van der Waals surface area contributed by atoms with Crippen molar-refractivity contribution in [3.63, 3.8) is 0 Å². The van der Waals surface area contributed by atoms with E-state index in [0.29, 0.717) is 31.4 Å². The summed E-state index contributed by atoms with van der Waals surface area (Å²) >= 11 is 7.14. The SMILES string of the molecule is COC(=O)c1sc2ncn([C@@H](C)C(=O)Nc3ccccc3Cl)c(=O)c2c1C. The molecule has 9 heteroatoms. The fourth-order valence-corrected chi connectivity index (χ4v) is 3.87. The predicted molar refractivity (Wildman–Crippen MR) is 105 cm³/mol. The monoisotopic (exact) mass is 405 g/mol. The molecule has 2 aromatic heterocycles. The number of ether oxygens (including phenoxy) is 1. The summed E-state index contributed by atoms with van der Waals surface area (Å²) in [4.78, 5) is 42.3. The van der Waals surface area contributed by atoms with Crippen LogP contribution in [0.15, 0.2) is 35.4 Å². The molecular weight excluding hydrogens is 390 g/mol. The van der Waals surface area contributed by atoms with Crippen molar-refractivity contribution in [2.24, 2.45) is 0 Å². The van der Waals surface area contributed by atoms with Gasteiger partial charge in [0.2, 0.25) is 5.91 Å². The number of thiophene rings is 1. The lowest BCUT2D eigenvalue weighted by Gasteiger charge is -2.15. The topological polar surface area (TPSA) is 90.3 Å². The quantitative estimate of drug-likeness (QED) is 0.672. The van der Waals surface area contributed by atoms with Crippen molar-refractivity contribution >= 4 is 50.7 Å². The summed E-state index contributed by atoms with van der Waals surface area (Å²) in [7, 11) is 1.28. The number of aryl methyl sites for hydroxylation is 1. The third-order valence-electron chi connectivity index (χ3n) is 4.18. The molecule has 0 saturated heterocycles. The molecule has 0 radical (unpaired) electrons. The highest BCUT2D eigenvalue weighted by atomic mass is 35.5. The van der Waals surface area contributed by atoms with Crippen LogP contribution < -0.4 is 10.9 Å². The van der Waals surface area contributed by atoms with Crippen LogP contribution >= 0.6 is 22.9 Å². The summed E-state index contributed by atoms with van der Waals surface area (Å²) in [6.45, 7) is 3.25. The molecule has 1 atom stereocenters. The van der Waals surface area contributed by atoms with Gasteiger partial charge in [0.05, 0.1) is 29.5 Å². The molecule has 0 aliphatic rings. The minimum absolute atomic E-state index is 0.306. The molecule has 0 unspecified atom stereocenters. The zero-order valence-electron chi connectivity index (χ0n) is 14.8. The number of carbonyl (C=O) groups excluding carboxylic acids is 2. The van der Waals surface area contributed by atoms with E-state index in [1.54, 1.807) is 38.1 Å². The van der Waals surface area contributed by atoms with Crippen molar-refractivity contribution in [1.29, 1.82) is 0 Å². The van der Waals surface area contributed by atoms with E-state index in [-0.39, 0.29) is 0 Å². The van der Waals surface area contributed by atoms with Crippen molar-refractivity contribution < 1.29 is 14.3 Å². The molecule has 7 nitrogen and oxygen atoms in total. The van der Waals surface area contributed by atoms with Gasteiger partial charge in [-0.25, -0.2) is 9.78 Å². The zero-order chi connectivity index (χ0) is 19.7. The largest absolute Gasteiger partial charge is 0.465 e. The average molecular weight is 406 g/mol. The van der Waals surface area contributed by atoms with Gasteiger partial charge in [0, 0.05) is 0 Å². The van der Waals surface area contributed by atoms with Crippen LogP contribution in [0, 0.1) is 6.92 Å². The Balaban J connectivity index is 1.99. The van der Waals surface area contributed by atoms with E-state index in [2.05, 4.69) is 10.3 Å². The molecule has 1 N–H and O–H groups in total. The Kier molecular flexibility index (Phi) is 5.29. The van der Waals surface area contributed by atoms with Gasteiger partial charge in [-0.05, 0) is 31.5 Å². The molecule has 140 valence electrons. The lowest BCUT2D eigenvalue weighted by molar-refractivity contribution is -0.118. The van der Waals surface area contributed by atoms with Crippen LogP contribution in [-0.2, 0) is 9.53 Å². The number of hydrogen-bond acceptors (Lipinski definition) is 6. The number of nitrogens with zero attached hydrogens (tertiary/aromatic N) is 2. The number of aromatic nitrogens is 2. The van der Waals surface area contributed by atoms with Crippen molar-refractivity contribution in [2.45, 2.75) is 19.9 Å². The molecule has 3 aromatic rings. The van der Waals surface area contributed by atoms with Crippen LogP contribution in [0.5, 0.6) is 0 Å². The predicted octanol–water partition coefficient (Wildman–Crippen LogP) is 3.41. The molecule has 2 heterocycles. The molecule has 0 aliphatic heterocycles. The van der Waals surface area contributed by atoms with Crippen molar-refractivity contribution in [3.05, 3.63) is 56.4 Å². The Morgan fingerprint density at radius 1 is 1.33 bits per heavy atom. The molecule has 0 fully saturated rings. The number of benzene rings is 1.